The maximum absolute atomic E-state index is 11.6. The van der Waals surface area contributed by atoms with E-state index in [9.17, 15) is 13.2 Å². The van der Waals surface area contributed by atoms with E-state index < -0.39 is 21.7 Å². The van der Waals surface area contributed by atoms with Crippen molar-refractivity contribution in [2.75, 3.05) is 23.3 Å². The van der Waals surface area contributed by atoms with E-state index in [1.807, 2.05) is 6.92 Å². The normalized spacial score (nSPS) is 11.0. The number of sulfonamides is 1. The van der Waals surface area contributed by atoms with Gasteiger partial charge in [0.15, 0.2) is 5.75 Å². The first-order valence-electron chi connectivity index (χ1n) is 5.33. The fourth-order valence-electron chi connectivity index (χ4n) is 1.41. The number of nitrogens with one attached hydrogen (secondary N) is 1. The number of esters is 1. The van der Waals surface area contributed by atoms with Gasteiger partial charge in [-0.15, -0.1) is 0 Å². The number of carbonyl (C=O) groups is 1. The monoisotopic (exact) mass is 272 g/mol. The minimum atomic E-state index is -3.76. The third-order valence-corrected chi connectivity index (χ3v) is 3.50. The number of anilines is 2. The predicted molar refractivity (Wildman–Crippen MR) is 69.7 cm³/mol. The predicted octanol–water partition coefficient (Wildman–Crippen LogP) is 0.746. The molecule has 0 aliphatic heterocycles. The summed E-state index contributed by atoms with van der Waals surface area (Å²) >= 11 is 0. The maximum atomic E-state index is 11.6. The largest absolute Gasteiger partial charge is 0.468 e. The van der Waals surface area contributed by atoms with Gasteiger partial charge in [-0.2, -0.15) is 0 Å². The molecule has 0 atom stereocenters. The fraction of sp³-hybridized carbons (Fsp3) is 0.364. The molecule has 6 nitrogen and oxygen atoms in total. The van der Waals surface area contributed by atoms with E-state index in [1.54, 1.807) is 12.1 Å². The van der Waals surface area contributed by atoms with Crippen LogP contribution < -0.4 is 10.5 Å². The third-order valence-electron chi connectivity index (χ3n) is 2.34. The van der Waals surface area contributed by atoms with Gasteiger partial charge >= 0.3 is 5.97 Å². The van der Waals surface area contributed by atoms with Gasteiger partial charge in [-0.3, -0.25) is 9.52 Å². The zero-order valence-corrected chi connectivity index (χ0v) is 11.1. The second-order valence-electron chi connectivity index (χ2n) is 3.70. The van der Waals surface area contributed by atoms with Crippen molar-refractivity contribution in [2.24, 2.45) is 0 Å². The van der Waals surface area contributed by atoms with Gasteiger partial charge in [-0.1, -0.05) is 13.0 Å². The van der Waals surface area contributed by atoms with Crippen LogP contribution in [0, 0.1) is 0 Å². The highest BCUT2D eigenvalue weighted by atomic mass is 32.2. The van der Waals surface area contributed by atoms with Crippen LogP contribution in [0.1, 0.15) is 12.5 Å². The molecule has 0 saturated heterocycles. The van der Waals surface area contributed by atoms with Crippen LogP contribution in [-0.2, 0) is 26.0 Å². The molecule has 18 heavy (non-hydrogen) atoms. The summed E-state index contributed by atoms with van der Waals surface area (Å²) in [6, 6.07) is 4.86. The number of aryl methyl sites for hydroxylation is 1. The summed E-state index contributed by atoms with van der Waals surface area (Å²) in [7, 11) is -2.63. The molecule has 0 saturated carbocycles. The Bertz CT molecular complexity index is 540. The van der Waals surface area contributed by atoms with E-state index in [1.165, 1.54) is 6.07 Å². The summed E-state index contributed by atoms with van der Waals surface area (Å²) < 4.78 is 29.7. The molecule has 100 valence electrons. The highest BCUT2D eigenvalue weighted by Crippen LogP contribution is 2.19. The average molecular weight is 272 g/mol. The summed E-state index contributed by atoms with van der Waals surface area (Å²) in [6.07, 6.45) is 0.765. The lowest BCUT2D eigenvalue weighted by Gasteiger charge is -2.09. The lowest BCUT2D eigenvalue weighted by molar-refractivity contribution is -0.137. The van der Waals surface area contributed by atoms with Crippen LogP contribution in [0.3, 0.4) is 0 Å². The third kappa shape index (κ3) is 3.92. The molecule has 1 aromatic carbocycles. The molecule has 1 rings (SSSR count). The van der Waals surface area contributed by atoms with Gasteiger partial charge in [-0.25, -0.2) is 8.42 Å². The summed E-state index contributed by atoms with van der Waals surface area (Å²) in [4.78, 5) is 10.9. The number of methoxy groups -OCH3 is 1. The van der Waals surface area contributed by atoms with Crippen molar-refractivity contribution >= 4 is 27.4 Å². The van der Waals surface area contributed by atoms with Crippen molar-refractivity contribution in [2.45, 2.75) is 13.3 Å². The molecule has 0 radical (unpaired) electrons. The minimum Gasteiger partial charge on any atom is -0.468 e. The van der Waals surface area contributed by atoms with Crippen LogP contribution in [0.25, 0.3) is 0 Å². The van der Waals surface area contributed by atoms with Crippen LogP contribution in [0.4, 0.5) is 11.4 Å². The fourth-order valence-corrected chi connectivity index (χ4v) is 2.40. The Morgan fingerprint density at radius 3 is 2.61 bits per heavy atom. The molecule has 0 bridgehead atoms. The first kappa shape index (κ1) is 14.3. The van der Waals surface area contributed by atoms with Crippen LogP contribution in [-0.4, -0.2) is 27.2 Å². The number of ether oxygens (including phenoxy) is 1. The molecular formula is C11H16N2O4S. The highest BCUT2D eigenvalue weighted by Gasteiger charge is 2.17. The molecule has 0 aliphatic rings. The Kier molecular flexibility index (Phi) is 4.55. The molecular weight excluding hydrogens is 256 g/mol. The highest BCUT2D eigenvalue weighted by molar-refractivity contribution is 7.93. The lowest BCUT2D eigenvalue weighted by atomic mass is 10.1. The van der Waals surface area contributed by atoms with Gasteiger partial charge in [0.25, 0.3) is 0 Å². The van der Waals surface area contributed by atoms with Gasteiger partial charge in [0, 0.05) is 5.69 Å². The standard InChI is InChI=1S/C11H16N2O4S/c1-3-8-4-5-9(6-10(8)12)13-18(15,16)7-11(14)17-2/h4-6,13H,3,7,12H2,1-2H3. The topological polar surface area (TPSA) is 98.5 Å². The second-order valence-corrected chi connectivity index (χ2v) is 5.43. The number of benzene rings is 1. The number of nitrogens with two attached hydrogens (primary N) is 1. The summed E-state index contributed by atoms with van der Waals surface area (Å²) in [5.41, 5.74) is 7.53. The van der Waals surface area contributed by atoms with E-state index in [-0.39, 0.29) is 0 Å². The Labute approximate surface area is 106 Å². The summed E-state index contributed by atoms with van der Waals surface area (Å²) in [6.45, 7) is 1.95. The second kappa shape index (κ2) is 5.72. The zero-order valence-electron chi connectivity index (χ0n) is 10.3. The Morgan fingerprint density at radius 1 is 1.44 bits per heavy atom. The first-order valence-corrected chi connectivity index (χ1v) is 6.99. The van der Waals surface area contributed by atoms with E-state index in [0.717, 1.165) is 19.1 Å². The van der Waals surface area contributed by atoms with Crippen LogP contribution in [0.5, 0.6) is 0 Å². The number of hydrogen-bond acceptors (Lipinski definition) is 5. The van der Waals surface area contributed by atoms with Crippen molar-refractivity contribution in [1.29, 1.82) is 0 Å². The van der Waals surface area contributed by atoms with Crippen molar-refractivity contribution in [3.8, 4) is 0 Å². The Balaban J connectivity index is 2.84. The SMILES string of the molecule is CCc1ccc(NS(=O)(=O)CC(=O)OC)cc1N. The molecule has 0 spiro atoms. The molecule has 0 amide bonds. The number of hydrogen-bond donors (Lipinski definition) is 2. The maximum Gasteiger partial charge on any atom is 0.322 e. The molecule has 0 aliphatic carbocycles. The molecule has 1 aromatic rings. The van der Waals surface area contributed by atoms with E-state index in [4.69, 9.17) is 5.73 Å². The van der Waals surface area contributed by atoms with Gasteiger partial charge in [0.05, 0.1) is 12.8 Å². The summed E-state index contributed by atoms with van der Waals surface area (Å²) in [5, 5.41) is 0. The average Bonchev–Trinajstić information content (AvgIpc) is 2.27. The molecule has 7 heteroatoms. The number of nitrogen functional groups attached to an aromatic ring is 1. The van der Waals surface area contributed by atoms with Crippen LogP contribution in [0.2, 0.25) is 0 Å². The van der Waals surface area contributed by atoms with Crippen LogP contribution in [0.15, 0.2) is 18.2 Å². The van der Waals surface area contributed by atoms with Gasteiger partial charge < -0.3 is 10.5 Å². The number of carbonyl (C=O) groups excluding carboxylic acids is 1. The first-order chi connectivity index (χ1) is 8.38. The molecule has 0 unspecified atom stereocenters. The smallest absolute Gasteiger partial charge is 0.322 e. The molecule has 0 aromatic heterocycles. The van der Waals surface area contributed by atoms with Crippen molar-refractivity contribution in [3.63, 3.8) is 0 Å². The van der Waals surface area contributed by atoms with Gasteiger partial charge in [0.1, 0.15) is 0 Å². The Hall–Kier alpha value is -1.76. The van der Waals surface area contributed by atoms with E-state index in [0.29, 0.717) is 11.4 Å². The minimum absolute atomic E-state index is 0.327. The lowest BCUT2D eigenvalue weighted by Crippen LogP contribution is -2.23. The van der Waals surface area contributed by atoms with Gasteiger partial charge in [-0.05, 0) is 24.1 Å². The van der Waals surface area contributed by atoms with Crippen molar-refractivity contribution in [1.82, 2.24) is 0 Å². The Morgan fingerprint density at radius 2 is 2.11 bits per heavy atom. The van der Waals surface area contributed by atoms with Gasteiger partial charge in [0.2, 0.25) is 10.0 Å². The molecule has 0 fully saturated rings. The quantitative estimate of drug-likeness (QED) is 0.608. The van der Waals surface area contributed by atoms with Crippen molar-refractivity contribution in [3.05, 3.63) is 23.8 Å². The van der Waals surface area contributed by atoms with Crippen molar-refractivity contribution < 1.29 is 17.9 Å². The van der Waals surface area contributed by atoms with E-state index >= 15 is 0 Å². The number of rotatable bonds is 5. The summed E-state index contributed by atoms with van der Waals surface area (Å²) in [5.74, 6) is -1.54. The molecule has 0 heterocycles. The van der Waals surface area contributed by atoms with E-state index in [2.05, 4.69) is 9.46 Å². The van der Waals surface area contributed by atoms with Crippen LogP contribution >= 0.6 is 0 Å². The zero-order chi connectivity index (χ0) is 13.8. The molecule has 3 N–H and O–H groups in total.